The van der Waals surface area contributed by atoms with E-state index in [1.54, 1.807) is 22.9 Å². The lowest BCUT2D eigenvalue weighted by Crippen LogP contribution is -2.23. The van der Waals surface area contributed by atoms with E-state index in [0.29, 0.717) is 17.2 Å². The van der Waals surface area contributed by atoms with Crippen LogP contribution in [0, 0.1) is 19.7 Å². The number of nitrogens with zero attached hydrogens (tertiary/aromatic N) is 2. The van der Waals surface area contributed by atoms with E-state index < -0.39 is 6.04 Å². The quantitative estimate of drug-likeness (QED) is 0.724. The Morgan fingerprint density at radius 2 is 1.96 bits per heavy atom. The number of fused-ring (bicyclic) bond motifs is 1. The third-order valence-electron chi connectivity index (χ3n) is 4.74. The van der Waals surface area contributed by atoms with Gasteiger partial charge in [0.2, 0.25) is 5.91 Å². The van der Waals surface area contributed by atoms with Crippen LogP contribution >= 0.6 is 0 Å². The first-order valence-corrected chi connectivity index (χ1v) is 8.95. The molecule has 0 saturated carbocycles. The summed E-state index contributed by atoms with van der Waals surface area (Å²) in [7, 11) is 0. The Kier molecular flexibility index (Phi) is 4.43. The monoisotopic (exact) mass is 378 g/mol. The summed E-state index contributed by atoms with van der Waals surface area (Å²) in [6.45, 7) is 3.76. The molecule has 0 bridgehead atoms. The van der Waals surface area contributed by atoms with Crippen molar-refractivity contribution in [1.82, 2.24) is 9.78 Å². The molecule has 7 heteroatoms. The van der Waals surface area contributed by atoms with Crippen LogP contribution in [-0.4, -0.2) is 21.6 Å². The van der Waals surface area contributed by atoms with Gasteiger partial charge in [-0.25, -0.2) is 9.07 Å². The highest BCUT2D eigenvalue weighted by molar-refractivity contribution is 6.04. The molecule has 2 aromatic carbocycles. The number of hydrogen-bond donors (Lipinski definition) is 2. The zero-order valence-corrected chi connectivity index (χ0v) is 15.5. The summed E-state index contributed by atoms with van der Waals surface area (Å²) < 4.78 is 14.8. The number of carbonyl (C=O) groups excluding carboxylic acids is 2. The molecule has 0 fully saturated rings. The molecule has 2 heterocycles. The Morgan fingerprint density at radius 1 is 1.21 bits per heavy atom. The van der Waals surface area contributed by atoms with Crippen LogP contribution in [0.15, 0.2) is 48.5 Å². The third kappa shape index (κ3) is 3.26. The van der Waals surface area contributed by atoms with Gasteiger partial charge in [0.1, 0.15) is 17.7 Å². The molecule has 0 radical (unpaired) electrons. The molecule has 0 aliphatic carbocycles. The van der Waals surface area contributed by atoms with Crippen LogP contribution in [0.4, 0.5) is 15.9 Å². The minimum atomic E-state index is -0.729. The predicted octanol–water partition coefficient (Wildman–Crippen LogP) is 3.83. The molecule has 4 rings (SSSR count). The van der Waals surface area contributed by atoms with Crippen molar-refractivity contribution in [1.29, 1.82) is 0 Å². The Hall–Kier alpha value is -3.48. The molecule has 2 N–H and O–H groups in total. The SMILES string of the molecule is Cc1cccc(NC(=O)CC2C(=O)Nc3c(-c4ccc(F)cc4)c(C)nn32)c1. The molecule has 1 atom stereocenters. The molecule has 0 spiro atoms. The van der Waals surface area contributed by atoms with E-state index in [0.717, 1.165) is 16.7 Å². The second-order valence-corrected chi connectivity index (χ2v) is 6.89. The molecule has 28 heavy (non-hydrogen) atoms. The van der Waals surface area contributed by atoms with E-state index in [-0.39, 0.29) is 24.1 Å². The standard InChI is InChI=1S/C21H19FN4O2/c1-12-4-3-5-16(10-12)23-18(27)11-17-21(28)24-20-19(13(2)25-26(17)20)14-6-8-15(22)9-7-14/h3-10,17H,11H2,1-2H3,(H,23,27)(H,24,28). The molecule has 3 aromatic rings. The van der Waals surface area contributed by atoms with E-state index >= 15 is 0 Å². The molecule has 142 valence electrons. The lowest BCUT2D eigenvalue weighted by Gasteiger charge is -2.10. The first-order chi connectivity index (χ1) is 13.4. The van der Waals surface area contributed by atoms with Crippen LogP contribution in [0.5, 0.6) is 0 Å². The molecule has 0 saturated heterocycles. The topological polar surface area (TPSA) is 76.0 Å². The van der Waals surface area contributed by atoms with Gasteiger partial charge < -0.3 is 10.6 Å². The average Bonchev–Trinajstić information content (AvgIpc) is 3.10. The first kappa shape index (κ1) is 17.9. The largest absolute Gasteiger partial charge is 0.326 e. The zero-order chi connectivity index (χ0) is 19.8. The fraction of sp³-hybridized carbons (Fsp3) is 0.190. The maximum Gasteiger partial charge on any atom is 0.251 e. The number of anilines is 2. The number of aromatic nitrogens is 2. The fourth-order valence-electron chi connectivity index (χ4n) is 3.46. The third-order valence-corrected chi connectivity index (χ3v) is 4.74. The maximum absolute atomic E-state index is 13.2. The van der Waals surface area contributed by atoms with Gasteiger partial charge >= 0.3 is 0 Å². The highest BCUT2D eigenvalue weighted by Crippen LogP contribution is 2.38. The van der Waals surface area contributed by atoms with Gasteiger partial charge in [-0.15, -0.1) is 0 Å². The molecule has 2 amide bonds. The van der Waals surface area contributed by atoms with Crippen LogP contribution in [0.1, 0.15) is 23.7 Å². The van der Waals surface area contributed by atoms with Crippen molar-refractivity contribution in [2.45, 2.75) is 26.3 Å². The highest BCUT2D eigenvalue weighted by Gasteiger charge is 2.36. The fourth-order valence-corrected chi connectivity index (χ4v) is 3.46. The summed E-state index contributed by atoms with van der Waals surface area (Å²) in [5.41, 5.74) is 3.91. The van der Waals surface area contributed by atoms with E-state index in [4.69, 9.17) is 0 Å². The average molecular weight is 378 g/mol. The number of benzene rings is 2. The molecule has 1 unspecified atom stereocenters. The van der Waals surface area contributed by atoms with Crippen molar-refractivity contribution in [3.05, 3.63) is 65.6 Å². The van der Waals surface area contributed by atoms with Crippen LogP contribution in [0.25, 0.3) is 11.1 Å². The van der Waals surface area contributed by atoms with Gasteiger partial charge in [-0.3, -0.25) is 9.59 Å². The highest BCUT2D eigenvalue weighted by atomic mass is 19.1. The molecule has 6 nitrogen and oxygen atoms in total. The van der Waals surface area contributed by atoms with E-state index in [2.05, 4.69) is 15.7 Å². The Bertz CT molecular complexity index is 1070. The first-order valence-electron chi connectivity index (χ1n) is 8.95. The van der Waals surface area contributed by atoms with E-state index in [1.807, 2.05) is 32.0 Å². The number of halogens is 1. The summed E-state index contributed by atoms with van der Waals surface area (Å²) in [5, 5.41) is 10.1. The second kappa shape index (κ2) is 6.92. The van der Waals surface area contributed by atoms with Gasteiger partial charge in [0.25, 0.3) is 5.91 Å². The molecular weight excluding hydrogens is 359 g/mol. The summed E-state index contributed by atoms with van der Waals surface area (Å²) in [4.78, 5) is 24.9. The molecule has 1 aliphatic rings. The van der Waals surface area contributed by atoms with Crippen LogP contribution in [-0.2, 0) is 9.59 Å². The second-order valence-electron chi connectivity index (χ2n) is 6.89. The van der Waals surface area contributed by atoms with Crippen LogP contribution in [0.2, 0.25) is 0 Å². The van der Waals surface area contributed by atoms with Crippen molar-refractivity contribution < 1.29 is 14.0 Å². The number of hydrogen-bond acceptors (Lipinski definition) is 3. The normalized spacial score (nSPS) is 15.2. The lowest BCUT2D eigenvalue weighted by atomic mass is 10.1. The van der Waals surface area contributed by atoms with Crippen molar-refractivity contribution >= 4 is 23.3 Å². The Labute approximate surface area is 161 Å². The van der Waals surface area contributed by atoms with Gasteiger partial charge in [-0.05, 0) is 49.2 Å². The van der Waals surface area contributed by atoms with Crippen molar-refractivity contribution in [3.8, 4) is 11.1 Å². The smallest absolute Gasteiger partial charge is 0.251 e. The van der Waals surface area contributed by atoms with Crippen LogP contribution < -0.4 is 10.6 Å². The number of nitrogens with one attached hydrogen (secondary N) is 2. The lowest BCUT2D eigenvalue weighted by molar-refractivity contribution is -0.123. The number of aryl methyl sites for hydroxylation is 2. The molecular formula is C21H19FN4O2. The number of rotatable bonds is 4. The minimum Gasteiger partial charge on any atom is -0.326 e. The zero-order valence-electron chi connectivity index (χ0n) is 15.5. The number of amides is 2. The van der Waals surface area contributed by atoms with Crippen molar-refractivity contribution in [2.24, 2.45) is 0 Å². The van der Waals surface area contributed by atoms with Gasteiger partial charge in [-0.1, -0.05) is 24.3 Å². The van der Waals surface area contributed by atoms with Crippen molar-refractivity contribution in [2.75, 3.05) is 10.6 Å². The van der Waals surface area contributed by atoms with E-state index in [9.17, 15) is 14.0 Å². The predicted molar refractivity (Wildman–Crippen MR) is 104 cm³/mol. The molecule has 1 aromatic heterocycles. The van der Waals surface area contributed by atoms with E-state index in [1.165, 1.54) is 12.1 Å². The maximum atomic E-state index is 13.2. The Morgan fingerprint density at radius 3 is 2.68 bits per heavy atom. The van der Waals surface area contributed by atoms with Gasteiger partial charge in [0.05, 0.1) is 12.1 Å². The summed E-state index contributed by atoms with van der Waals surface area (Å²) in [6.07, 6.45) is -0.0310. The van der Waals surface area contributed by atoms with Gasteiger partial charge in [0.15, 0.2) is 0 Å². The number of carbonyl (C=O) groups is 2. The van der Waals surface area contributed by atoms with Crippen molar-refractivity contribution in [3.63, 3.8) is 0 Å². The minimum absolute atomic E-state index is 0.0310. The molecule has 1 aliphatic heterocycles. The van der Waals surface area contributed by atoms with Gasteiger partial charge in [-0.2, -0.15) is 5.10 Å². The van der Waals surface area contributed by atoms with Gasteiger partial charge in [0, 0.05) is 11.3 Å². The summed E-state index contributed by atoms with van der Waals surface area (Å²) in [6, 6.07) is 12.7. The summed E-state index contributed by atoms with van der Waals surface area (Å²) >= 11 is 0. The van der Waals surface area contributed by atoms with Crippen LogP contribution in [0.3, 0.4) is 0 Å². The Balaban J connectivity index is 1.58. The summed E-state index contributed by atoms with van der Waals surface area (Å²) in [5.74, 6) is -0.359.